The number of esters is 1. The first-order chi connectivity index (χ1) is 34.0. The first kappa shape index (κ1) is 65.0. The molecule has 0 saturated heterocycles. The summed E-state index contributed by atoms with van der Waals surface area (Å²) in [6.07, 6.45) is 78.3. The van der Waals surface area contributed by atoms with E-state index in [1.165, 1.54) is 83.5 Å². The summed E-state index contributed by atoms with van der Waals surface area (Å²) in [5.41, 5.74) is 0. The van der Waals surface area contributed by atoms with Gasteiger partial charge in [0.2, 0.25) is 5.91 Å². The molecule has 3 N–H and O–H groups in total. The molecule has 0 heterocycles. The second-order valence-electron chi connectivity index (χ2n) is 18.2. The third-order valence-electron chi connectivity index (χ3n) is 11.7. The van der Waals surface area contributed by atoms with E-state index in [0.717, 1.165) is 89.9 Å². The lowest BCUT2D eigenvalue weighted by molar-refractivity contribution is -0.148. The van der Waals surface area contributed by atoms with Crippen molar-refractivity contribution >= 4 is 11.9 Å². The summed E-state index contributed by atoms with van der Waals surface area (Å²) in [6.45, 7) is 6.21. The lowest BCUT2D eigenvalue weighted by atomic mass is 10.0. The summed E-state index contributed by atoms with van der Waals surface area (Å²) < 4.78 is 5.81. The van der Waals surface area contributed by atoms with Gasteiger partial charge in [-0.05, 0) is 96.0 Å². The van der Waals surface area contributed by atoms with Gasteiger partial charge in [0.25, 0.3) is 0 Å². The van der Waals surface area contributed by atoms with E-state index in [4.69, 9.17) is 4.74 Å². The summed E-state index contributed by atoms with van der Waals surface area (Å²) in [6, 6.07) is -0.765. The number of ether oxygens (including phenoxy) is 1. The van der Waals surface area contributed by atoms with E-state index in [0.29, 0.717) is 19.3 Å². The van der Waals surface area contributed by atoms with Gasteiger partial charge in [-0.1, -0.05) is 251 Å². The highest BCUT2D eigenvalue weighted by molar-refractivity contribution is 5.78. The fourth-order valence-electron chi connectivity index (χ4n) is 7.58. The molecule has 0 rings (SSSR count). The molecule has 0 aromatic rings. The van der Waals surface area contributed by atoms with Gasteiger partial charge in [0.05, 0.1) is 25.2 Å². The molecule has 1 amide bonds. The van der Waals surface area contributed by atoms with E-state index in [-0.39, 0.29) is 31.3 Å². The molecule has 0 bridgehead atoms. The van der Waals surface area contributed by atoms with E-state index in [9.17, 15) is 19.8 Å². The maximum absolute atomic E-state index is 13.2. The molecule has 0 fully saturated rings. The first-order valence-electron chi connectivity index (χ1n) is 27.9. The van der Waals surface area contributed by atoms with Gasteiger partial charge >= 0.3 is 5.97 Å². The fraction of sp³-hybridized carbons (Fsp3) is 0.619. The van der Waals surface area contributed by atoms with Crippen molar-refractivity contribution in [3.63, 3.8) is 0 Å². The molecule has 0 aliphatic heterocycles. The fourth-order valence-corrected chi connectivity index (χ4v) is 7.58. The number of aliphatic hydroxyl groups is 2. The zero-order chi connectivity index (χ0) is 50.2. The maximum atomic E-state index is 13.2. The standard InChI is InChI=1S/C63H103NO5/c1-4-7-10-13-16-19-22-25-28-31-33-36-39-42-45-48-51-54-59(69-63(68)56-53-50-47-44-41-38-35-32-29-26-23-20-17-14-11-8-5-2)57-62(67)64-60(58-65)61(66)55-52-49-46-43-40-37-34-30-27-24-21-18-15-12-9-6-3/h7-8,10-11,16-17,19-20,25-26,28-29,33,35-36,38,42,44-45,47,51,54,59-61,65-66H,4-6,9,12-15,18,21-24,27,30-32,34,37,39-41,43,46,48-50,52-53,55-58H2,1-3H3,(H,64,67)/b10-7-,11-8-,19-16-,20-17-,28-25-,29-26-,36-33-,38-35-,45-42-,47-44-,54-51-. The van der Waals surface area contributed by atoms with Crippen molar-refractivity contribution in [3.05, 3.63) is 134 Å². The highest BCUT2D eigenvalue weighted by Crippen LogP contribution is 2.16. The molecule has 0 aliphatic carbocycles. The minimum atomic E-state index is -0.839. The van der Waals surface area contributed by atoms with Gasteiger partial charge in [-0.3, -0.25) is 9.59 Å². The van der Waals surface area contributed by atoms with Crippen molar-refractivity contribution < 1.29 is 24.5 Å². The van der Waals surface area contributed by atoms with Gasteiger partial charge < -0.3 is 20.3 Å². The number of allylic oxidation sites excluding steroid dienone is 21. The molecule has 0 aromatic carbocycles. The molecule has 0 aliphatic rings. The van der Waals surface area contributed by atoms with Crippen molar-refractivity contribution in [1.29, 1.82) is 0 Å². The molecule has 3 atom stereocenters. The van der Waals surface area contributed by atoms with Crippen molar-refractivity contribution in [2.75, 3.05) is 6.61 Å². The monoisotopic (exact) mass is 954 g/mol. The van der Waals surface area contributed by atoms with Crippen LogP contribution < -0.4 is 5.32 Å². The van der Waals surface area contributed by atoms with Crippen LogP contribution in [0.15, 0.2) is 134 Å². The zero-order valence-corrected chi connectivity index (χ0v) is 44.4. The molecular weight excluding hydrogens is 851 g/mol. The largest absolute Gasteiger partial charge is 0.458 e. The Kier molecular flexibility index (Phi) is 51.7. The predicted molar refractivity (Wildman–Crippen MR) is 300 cm³/mol. The summed E-state index contributed by atoms with van der Waals surface area (Å²) in [5.74, 6) is -0.710. The van der Waals surface area contributed by atoms with Crippen LogP contribution in [0.1, 0.15) is 226 Å². The SMILES string of the molecule is CC/C=C\C/C=C\C/C=C\C/C=C\C/C=C\C/C=C\C(CC(=O)NC(CO)C(O)CCCCCCCCCCCCCCCCCC)OC(=O)CCC/C=C\C/C=C\C/C=C\C/C=C\C/C=C\CC. The van der Waals surface area contributed by atoms with Crippen LogP contribution in [0.3, 0.4) is 0 Å². The maximum Gasteiger partial charge on any atom is 0.306 e. The number of carbonyl (C=O) groups excluding carboxylic acids is 2. The summed E-state index contributed by atoms with van der Waals surface area (Å²) in [5, 5.41) is 23.8. The van der Waals surface area contributed by atoms with E-state index in [1.807, 2.05) is 6.08 Å². The van der Waals surface area contributed by atoms with Gasteiger partial charge in [-0.2, -0.15) is 0 Å². The van der Waals surface area contributed by atoms with E-state index < -0.39 is 18.2 Å². The number of rotatable bonds is 48. The Bertz CT molecular complexity index is 1490. The normalized spacial score (nSPS) is 14.2. The van der Waals surface area contributed by atoms with Crippen molar-refractivity contribution in [1.82, 2.24) is 5.32 Å². The van der Waals surface area contributed by atoms with Gasteiger partial charge in [0.1, 0.15) is 6.10 Å². The van der Waals surface area contributed by atoms with Crippen LogP contribution >= 0.6 is 0 Å². The lowest BCUT2D eigenvalue weighted by Gasteiger charge is -2.23. The minimum absolute atomic E-state index is 0.0784. The second kappa shape index (κ2) is 54.9. The molecule has 69 heavy (non-hydrogen) atoms. The number of nitrogens with one attached hydrogen (secondary N) is 1. The Morgan fingerprint density at radius 3 is 1.17 bits per heavy atom. The van der Waals surface area contributed by atoms with E-state index >= 15 is 0 Å². The topological polar surface area (TPSA) is 95.9 Å². The van der Waals surface area contributed by atoms with Crippen LogP contribution in [0.2, 0.25) is 0 Å². The molecular formula is C63H103NO5. The van der Waals surface area contributed by atoms with Gasteiger partial charge in [-0.25, -0.2) is 0 Å². The zero-order valence-electron chi connectivity index (χ0n) is 44.4. The van der Waals surface area contributed by atoms with Crippen molar-refractivity contribution in [2.24, 2.45) is 0 Å². The number of hydrogen-bond acceptors (Lipinski definition) is 5. The number of carbonyl (C=O) groups is 2. The van der Waals surface area contributed by atoms with Crippen LogP contribution in [0.4, 0.5) is 0 Å². The van der Waals surface area contributed by atoms with Crippen molar-refractivity contribution in [3.8, 4) is 0 Å². The summed E-state index contributed by atoms with van der Waals surface area (Å²) >= 11 is 0. The van der Waals surface area contributed by atoms with Crippen LogP contribution in [-0.4, -0.2) is 46.9 Å². The number of unbranched alkanes of at least 4 members (excludes halogenated alkanes) is 16. The Hall–Kier alpha value is -4.00. The van der Waals surface area contributed by atoms with E-state index in [1.54, 1.807) is 6.08 Å². The smallest absolute Gasteiger partial charge is 0.306 e. The van der Waals surface area contributed by atoms with Crippen molar-refractivity contribution in [2.45, 2.75) is 244 Å². The predicted octanol–water partition coefficient (Wildman–Crippen LogP) is 17.4. The highest BCUT2D eigenvalue weighted by Gasteiger charge is 2.23. The van der Waals surface area contributed by atoms with Crippen LogP contribution in [0.25, 0.3) is 0 Å². The lowest BCUT2D eigenvalue weighted by Crippen LogP contribution is -2.46. The minimum Gasteiger partial charge on any atom is -0.458 e. The quantitative estimate of drug-likeness (QED) is 0.0321. The molecule has 0 radical (unpaired) electrons. The molecule has 390 valence electrons. The number of amides is 1. The summed E-state index contributed by atoms with van der Waals surface area (Å²) in [4.78, 5) is 26.2. The second-order valence-corrected chi connectivity index (χ2v) is 18.2. The van der Waals surface area contributed by atoms with Crippen LogP contribution in [-0.2, 0) is 14.3 Å². The molecule has 0 saturated carbocycles. The van der Waals surface area contributed by atoms with Gasteiger partial charge in [-0.15, -0.1) is 0 Å². The average molecular weight is 955 g/mol. The van der Waals surface area contributed by atoms with E-state index in [2.05, 4.69) is 148 Å². The highest BCUT2D eigenvalue weighted by atomic mass is 16.5. The molecule has 3 unspecified atom stereocenters. The van der Waals surface area contributed by atoms with Crippen LogP contribution in [0, 0.1) is 0 Å². The Morgan fingerprint density at radius 1 is 0.449 bits per heavy atom. The molecule has 0 aromatic heterocycles. The average Bonchev–Trinajstić information content (AvgIpc) is 3.34. The third-order valence-corrected chi connectivity index (χ3v) is 11.7. The number of aliphatic hydroxyl groups excluding tert-OH is 2. The van der Waals surface area contributed by atoms with Gasteiger partial charge in [0.15, 0.2) is 0 Å². The molecule has 0 spiro atoms. The first-order valence-corrected chi connectivity index (χ1v) is 27.9. The Balaban J connectivity index is 4.84. The van der Waals surface area contributed by atoms with Gasteiger partial charge in [0, 0.05) is 6.42 Å². The number of hydrogen-bond donors (Lipinski definition) is 3. The Morgan fingerprint density at radius 2 is 0.797 bits per heavy atom. The third kappa shape index (κ3) is 50.2. The molecule has 6 nitrogen and oxygen atoms in total. The van der Waals surface area contributed by atoms with Crippen LogP contribution in [0.5, 0.6) is 0 Å². The summed E-state index contributed by atoms with van der Waals surface area (Å²) in [7, 11) is 0. The Labute approximate surface area is 424 Å². The molecule has 6 heteroatoms.